The third-order valence-electron chi connectivity index (χ3n) is 1.76. The number of hydrogen-bond acceptors (Lipinski definition) is 2. The molecular formula is C9H15FN2S. The highest BCUT2D eigenvalue weighted by Gasteiger charge is 2.13. The Kier molecular flexibility index (Phi) is 2.83. The molecule has 2 nitrogen and oxygen atoms in total. The lowest BCUT2D eigenvalue weighted by Crippen LogP contribution is -2.07. The summed E-state index contributed by atoms with van der Waals surface area (Å²) in [7, 11) is -1.00. The molecule has 1 rings (SSSR count). The smallest absolute Gasteiger partial charge is 0.137 e. The van der Waals surface area contributed by atoms with E-state index in [0.717, 1.165) is 4.90 Å². The van der Waals surface area contributed by atoms with E-state index in [2.05, 4.69) is 24.2 Å². The molecule has 0 fully saturated rings. The zero-order valence-corrected chi connectivity index (χ0v) is 8.91. The molecule has 1 aromatic rings. The highest BCUT2D eigenvalue weighted by molar-refractivity contribution is 8.32. The van der Waals surface area contributed by atoms with Crippen molar-refractivity contribution in [2.24, 2.45) is 5.84 Å². The quantitative estimate of drug-likeness (QED) is 0.569. The van der Waals surface area contributed by atoms with Gasteiger partial charge in [-0.2, -0.15) is 0 Å². The highest BCUT2D eigenvalue weighted by Crippen LogP contribution is 2.46. The van der Waals surface area contributed by atoms with Gasteiger partial charge in [0, 0.05) is 4.90 Å². The Morgan fingerprint density at radius 1 is 1.31 bits per heavy atom. The summed E-state index contributed by atoms with van der Waals surface area (Å²) in [6.07, 6.45) is 6.17. The topological polar surface area (TPSA) is 38.0 Å². The van der Waals surface area contributed by atoms with E-state index in [0.29, 0.717) is 5.69 Å². The van der Waals surface area contributed by atoms with Crippen LogP contribution in [0.2, 0.25) is 0 Å². The van der Waals surface area contributed by atoms with Crippen LogP contribution in [0.4, 0.5) is 10.1 Å². The zero-order valence-electron chi connectivity index (χ0n) is 8.10. The number of halogens is 1. The summed E-state index contributed by atoms with van der Waals surface area (Å²) < 4.78 is 13.5. The van der Waals surface area contributed by atoms with Gasteiger partial charge >= 0.3 is 0 Å². The monoisotopic (exact) mass is 202 g/mol. The molecule has 4 heteroatoms. The van der Waals surface area contributed by atoms with Crippen molar-refractivity contribution in [1.82, 2.24) is 0 Å². The molecule has 74 valence electrons. The largest absolute Gasteiger partial charge is 0.324 e. The Balaban J connectivity index is 3.13. The van der Waals surface area contributed by atoms with Crippen molar-refractivity contribution in [3.63, 3.8) is 0 Å². The van der Waals surface area contributed by atoms with Crippen LogP contribution in [0, 0.1) is 5.82 Å². The van der Waals surface area contributed by atoms with Crippen LogP contribution in [0.5, 0.6) is 0 Å². The summed E-state index contributed by atoms with van der Waals surface area (Å²) in [6.45, 7) is 0. The van der Waals surface area contributed by atoms with E-state index >= 15 is 0 Å². The van der Waals surface area contributed by atoms with Gasteiger partial charge in [-0.1, -0.05) is 0 Å². The third kappa shape index (κ3) is 2.35. The maximum Gasteiger partial charge on any atom is 0.137 e. The Morgan fingerprint density at radius 3 is 2.31 bits per heavy atom. The zero-order chi connectivity index (χ0) is 10.1. The second-order valence-corrected chi connectivity index (χ2v) is 7.74. The highest BCUT2D eigenvalue weighted by atomic mass is 32.3. The van der Waals surface area contributed by atoms with Crippen molar-refractivity contribution in [2.75, 3.05) is 24.2 Å². The Morgan fingerprint density at radius 2 is 1.92 bits per heavy atom. The lowest BCUT2D eigenvalue weighted by Gasteiger charge is -2.26. The first kappa shape index (κ1) is 10.3. The summed E-state index contributed by atoms with van der Waals surface area (Å²) >= 11 is 0. The molecule has 0 spiro atoms. The van der Waals surface area contributed by atoms with Gasteiger partial charge in [-0.25, -0.2) is 14.4 Å². The van der Waals surface area contributed by atoms with Crippen LogP contribution < -0.4 is 11.3 Å². The van der Waals surface area contributed by atoms with Gasteiger partial charge in [0.25, 0.3) is 0 Å². The normalized spacial score (nSPS) is 12.7. The number of rotatable bonds is 2. The Bertz CT molecular complexity index is 307. The maximum absolute atomic E-state index is 13.5. The van der Waals surface area contributed by atoms with E-state index in [1.807, 2.05) is 0 Å². The van der Waals surface area contributed by atoms with E-state index in [4.69, 9.17) is 5.84 Å². The molecule has 0 heterocycles. The molecule has 0 atom stereocenters. The minimum absolute atomic E-state index is 0.182. The van der Waals surface area contributed by atoms with E-state index in [-0.39, 0.29) is 5.82 Å². The minimum Gasteiger partial charge on any atom is -0.324 e. The predicted molar refractivity (Wildman–Crippen MR) is 57.8 cm³/mol. The van der Waals surface area contributed by atoms with Crippen molar-refractivity contribution in [2.45, 2.75) is 4.90 Å². The molecule has 0 aliphatic heterocycles. The first-order chi connectivity index (χ1) is 5.95. The summed E-state index contributed by atoms with van der Waals surface area (Å²) in [4.78, 5) is 0.784. The van der Waals surface area contributed by atoms with Gasteiger partial charge in [0.1, 0.15) is 5.82 Å². The molecule has 0 saturated carbocycles. The molecule has 0 unspecified atom stereocenters. The fraction of sp³-hybridized carbons (Fsp3) is 0.333. The molecule has 1 aromatic carbocycles. The first-order valence-electron chi connectivity index (χ1n) is 3.89. The molecule has 0 aromatic heterocycles. The van der Waals surface area contributed by atoms with Gasteiger partial charge in [0.2, 0.25) is 0 Å². The molecule has 0 saturated heterocycles. The lowest BCUT2D eigenvalue weighted by molar-refractivity contribution is 0.601. The summed E-state index contributed by atoms with van der Waals surface area (Å²) in [5.74, 6) is 4.99. The molecular weight excluding hydrogens is 187 g/mol. The van der Waals surface area contributed by atoms with Gasteiger partial charge in [0.05, 0.1) is 5.69 Å². The average molecular weight is 202 g/mol. The number of benzene rings is 1. The van der Waals surface area contributed by atoms with Crippen LogP contribution in [-0.2, 0) is 0 Å². The van der Waals surface area contributed by atoms with E-state index < -0.39 is 10.0 Å². The second-order valence-electron chi connectivity index (χ2n) is 3.63. The van der Waals surface area contributed by atoms with Gasteiger partial charge in [-0.05, 0) is 37.0 Å². The molecule has 0 aliphatic carbocycles. The van der Waals surface area contributed by atoms with Crippen molar-refractivity contribution >= 4 is 15.7 Å². The molecule has 0 aliphatic rings. The third-order valence-corrected chi connectivity index (χ3v) is 3.41. The van der Waals surface area contributed by atoms with Gasteiger partial charge in [0.15, 0.2) is 0 Å². The van der Waals surface area contributed by atoms with Crippen LogP contribution in [0.3, 0.4) is 0 Å². The number of hydrogen-bond donors (Lipinski definition) is 2. The van der Waals surface area contributed by atoms with Gasteiger partial charge in [-0.3, -0.25) is 5.84 Å². The number of nitrogens with two attached hydrogens (primary N) is 1. The van der Waals surface area contributed by atoms with Crippen LogP contribution in [-0.4, -0.2) is 18.8 Å². The van der Waals surface area contributed by atoms with E-state index in [1.165, 1.54) is 6.07 Å². The van der Waals surface area contributed by atoms with E-state index in [1.54, 1.807) is 12.1 Å². The molecule has 13 heavy (non-hydrogen) atoms. The van der Waals surface area contributed by atoms with Crippen LogP contribution >= 0.6 is 10.0 Å². The number of nitrogens with one attached hydrogen (secondary N) is 1. The van der Waals surface area contributed by atoms with Crippen LogP contribution in [0.25, 0.3) is 0 Å². The van der Waals surface area contributed by atoms with Crippen molar-refractivity contribution in [1.29, 1.82) is 0 Å². The van der Waals surface area contributed by atoms with Crippen molar-refractivity contribution in [3.8, 4) is 0 Å². The fourth-order valence-corrected chi connectivity index (χ4v) is 2.21. The number of hydrazine groups is 1. The van der Waals surface area contributed by atoms with Gasteiger partial charge < -0.3 is 5.43 Å². The molecule has 0 bridgehead atoms. The average Bonchev–Trinajstić information content (AvgIpc) is 2.01. The molecule has 0 amide bonds. The summed E-state index contributed by atoms with van der Waals surface area (Å²) in [6, 6.07) is 5.00. The second kappa shape index (κ2) is 3.55. The van der Waals surface area contributed by atoms with Crippen molar-refractivity contribution in [3.05, 3.63) is 24.0 Å². The SMILES string of the molecule is CS(C)(C)c1ccc(NN)cc1F. The lowest BCUT2D eigenvalue weighted by atomic mass is 10.3. The molecule has 0 radical (unpaired) electrons. The number of anilines is 1. The summed E-state index contributed by atoms with van der Waals surface area (Å²) in [5, 5.41) is 0. The van der Waals surface area contributed by atoms with Crippen LogP contribution in [0.15, 0.2) is 23.1 Å². The Hall–Kier alpha value is -0.740. The Labute approximate surface area is 79.6 Å². The maximum atomic E-state index is 13.5. The van der Waals surface area contributed by atoms with Crippen molar-refractivity contribution < 1.29 is 4.39 Å². The van der Waals surface area contributed by atoms with Crippen LogP contribution in [0.1, 0.15) is 0 Å². The fourth-order valence-electron chi connectivity index (χ4n) is 1.09. The van der Waals surface area contributed by atoms with Gasteiger partial charge in [-0.15, -0.1) is 0 Å². The minimum atomic E-state index is -1.00. The summed E-state index contributed by atoms with van der Waals surface area (Å²) in [5.41, 5.74) is 3.02. The predicted octanol–water partition coefficient (Wildman–Crippen LogP) is 2.16. The van der Waals surface area contributed by atoms with E-state index in [9.17, 15) is 4.39 Å². The molecule has 3 N–H and O–H groups in total. The first-order valence-corrected chi connectivity index (χ1v) is 6.75. The number of nitrogen functional groups attached to an aromatic ring is 1. The standard InChI is InChI=1S/C9H15FN2S/c1-13(2,3)9-5-4-7(12-11)6-8(9)10/h4-6,12H,11H2,1-3H3.